The van der Waals surface area contributed by atoms with Crippen molar-refractivity contribution in [3.05, 3.63) is 46.3 Å². The average Bonchev–Trinajstić information content (AvgIpc) is 2.98. The second kappa shape index (κ2) is 8.25. The summed E-state index contributed by atoms with van der Waals surface area (Å²) >= 11 is 1.24. The molecule has 2 amide bonds. The summed E-state index contributed by atoms with van der Waals surface area (Å²) in [6, 6.07) is 7.65. The van der Waals surface area contributed by atoms with E-state index in [0.717, 1.165) is 11.1 Å². The van der Waals surface area contributed by atoms with Crippen LogP contribution < -0.4 is 10.5 Å². The molecule has 29 heavy (non-hydrogen) atoms. The second-order valence-corrected chi connectivity index (χ2v) is 10.6. The van der Waals surface area contributed by atoms with E-state index in [4.69, 9.17) is 5.14 Å². The van der Waals surface area contributed by atoms with Crippen LogP contribution in [0, 0.1) is 12.3 Å². The molecule has 1 unspecified atom stereocenters. The van der Waals surface area contributed by atoms with Crippen molar-refractivity contribution in [2.45, 2.75) is 45.6 Å². The van der Waals surface area contributed by atoms with E-state index in [2.05, 4.69) is 5.32 Å². The van der Waals surface area contributed by atoms with Crippen molar-refractivity contribution in [2.24, 2.45) is 10.6 Å². The molecule has 1 aromatic carbocycles. The van der Waals surface area contributed by atoms with Gasteiger partial charge in [-0.2, -0.15) is 0 Å². The Labute approximate surface area is 176 Å². The maximum absolute atomic E-state index is 13.0. The fourth-order valence-electron chi connectivity index (χ4n) is 2.55. The SMILES string of the molecule is Cc1cc(NC(=O)C(C)(C)C)sc1C(=O)N(C)C(C)c1ccc(S(N)(=O)=O)cc1. The van der Waals surface area contributed by atoms with Gasteiger partial charge in [0.25, 0.3) is 5.91 Å². The summed E-state index contributed by atoms with van der Waals surface area (Å²) in [7, 11) is -2.07. The third-order valence-electron chi connectivity index (χ3n) is 4.62. The molecule has 2 aromatic rings. The average molecular weight is 438 g/mol. The molecule has 158 valence electrons. The summed E-state index contributed by atoms with van der Waals surface area (Å²) in [5.74, 6) is -0.291. The number of hydrogen-bond donors (Lipinski definition) is 2. The molecule has 2 rings (SSSR count). The van der Waals surface area contributed by atoms with E-state index < -0.39 is 15.4 Å². The number of rotatable bonds is 5. The Morgan fingerprint density at radius 3 is 2.21 bits per heavy atom. The summed E-state index contributed by atoms with van der Waals surface area (Å²) in [6.07, 6.45) is 0. The third kappa shape index (κ3) is 5.43. The highest BCUT2D eigenvalue weighted by molar-refractivity contribution is 7.89. The molecule has 0 saturated heterocycles. The van der Waals surface area contributed by atoms with Crippen LogP contribution in [0.25, 0.3) is 0 Å². The highest BCUT2D eigenvalue weighted by atomic mass is 32.2. The number of anilines is 1. The number of thiophene rings is 1. The lowest BCUT2D eigenvalue weighted by atomic mass is 9.96. The molecule has 9 heteroatoms. The van der Waals surface area contributed by atoms with Gasteiger partial charge < -0.3 is 10.2 Å². The summed E-state index contributed by atoms with van der Waals surface area (Å²) in [5, 5.41) is 8.61. The molecular weight excluding hydrogens is 410 g/mol. The van der Waals surface area contributed by atoms with Gasteiger partial charge in [0, 0.05) is 12.5 Å². The van der Waals surface area contributed by atoms with Gasteiger partial charge in [-0.1, -0.05) is 32.9 Å². The van der Waals surface area contributed by atoms with Crippen LogP contribution in [0.4, 0.5) is 5.00 Å². The molecule has 1 aromatic heterocycles. The lowest BCUT2D eigenvalue weighted by Gasteiger charge is -2.25. The van der Waals surface area contributed by atoms with Crippen molar-refractivity contribution >= 4 is 38.2 Å². The molecule has 3 N–H and O–H groups in total. The molecule has 1 heterocycles. The molecule has 0 aliphatic heterocycles. The van der Waals surface area contributed by atoms with E-state index >= 15 is 0 Å². The number of carbonyl (C=O) groups excluding carboxylic acids is 2. The van der Waals surface area contributed by atoms with Crippen molar-refractivity contribution in [1.29, 1.82) is 0 Å². The minimum absolute atomic E-state index is 0.0239. The Hall–Kier alpha value is -2.23. The minimum Gasteiger partial charge on any atom is -0.334 e. The van der Waals surface area contributed by atoms with Gasteiger partial charge in [-0.15, -0.1) is 11.3 Å². The Kier molecular flexibility index (Phi) is 6.56. The van der Waals surface area contributed by atoms with Crippen LogP contribution in [0.3, 0.4) is 0 Å². The smallest absolute Gasteiger partial charge is 0.264 e. The first kappa shape index (κ1) is 23.1. The summed E-state index contributed by atoms with van der Waals surface area (Å²) in [5.41, 5.74) is 1.04. The van der Waals surface area contributed by atoms with Gasteiger partial charge >= 0.3 is 0 Å². The topological polar surface area (TPSA) is 110 Å². The Morgan fingerprint density at radius 1 is 1.17 bits per heavy atom. The predicted molar refractivity (Wildman–Crippen MR) is 115 cm³/mol. The lowest BCUT2D eigenvalue weighted by molar-refractivity contribution is -0.123. The second-order valence-electron chi connectivity index (χ2n) is 8.03. The molecule has 0 saturated carbocycles. The number of nitrogens with zero attached hydrogens (tertiary/aromatic N) is 1. The van der Waals surface area contributed by atoms with E-state index in [1.165, 1.54) is 23.5 Å². The maximum atomic E-state index is 13.0. The van der Waals surface area contributed by atoms with Gasteiger partial charge in [0.15, 0.2) is 0 Å². The normalized spacial score (nSPS) is 13.1. The monoisotopic (exact) mass is 437 g/mol. The van der Waals surface area contributed by atoms with Gasteiger partial charge in [0.1, 0.15) is 0 Å². The van der Waals surface area contributed by atoms with Crippen molar-refractivity contribution in [1.82, 2.24) is 4.90 Å². The maximum Gasteiger partial charge on any atom is 0.264 e. The Bertz CT molecular complexity index is 1020. The highest BCUT2D eigenvalue weighted by Crippen LogP contribution is 2.31. The zero-order chi connectivity index (χ0) is 22.1. The molecular formula is C20H27N3O4S2. The van der Waals surface area contributed by atoms with Crippen molar-refractivity contribution in [2.75, 3.05) is 12.4 Å². The number of primary sulfonamides is 1. The lowest BCUT2D eigenvalue weighted by Crippen LogP contribution is -2.29. The number of carbonyl (C=O) groups is 2. The van der Waals surface area contributed by atoms with E-state index in [1.54, 1.807) is 30.1 Å². The van der Waals surface area contributed by atoms with Crippen LogP contribution >= 0.6 is 11.3 Å². The summed E-state index contributed by atoms with van der Waals surface area (Å²) in [4.78, 5) is 27.4. The zero-order valence-electron chi connectivity index (χ0n) is 17.4. The zero-order valence-corrected chi connectivity index (χ0v) is 19.1. The van der Waals surface area contributed by atoms with E-state index in [-0.39, 0.29) is 22.8 Å². The molecule has 0 bridgehead atoms. The molecule has 0 spiro atoms. The number of hydrogen-bond acceptors (Lipinski definition) is 5. The fraction of sp³-hybridized carbons (Fsp3) is 0.400. The van der Waals surface area contributed by atoms with Gasteiger partial charge in [-0.3, -0.25) is 9.59 Å². The molecule has 0 radical (unpaired) electrons. The van der Waals surface area contributed by atoms with E-state index in [9.17, 15) is 18.0 Å². The van der Waals surface area contributed by atoms with Crippen LogP contribution in [0.5, 0.6) is 0 Å². The minimum atomic E-state index is -3.76. The molecule has 0 aliphatic carbocycles. The predicted octanol–water partition coefficient (Wildman–Crippen LogP) is 3.52. The summed E-state index contributed by atoms with van der Waals surface area (Å²) in [6.45, 7) is 9.16. The number of amides is 2. The van der Waals surface area contributed by atoms with Crippen molar-refractivity contribution < 1.29 is 18.0 Å². The van der Waals surface area contributed by atoms with Gasteiger partial charge in [-0.25, -0.2) is 13.6 Å². The number of aryl methyl sites for hydroxylation is 1. The van der Waals surface area contributed by atoms with Crippen LogP contribution in [-0.4, -0.2) is 32.2 Å². The first-order valence-electron chi connectivity index (χ1n) is 9.03. The van der Waals surface area contributed by atoms with Crippen LogP contribution in [0.2, 0.25) is 0 Å². The van der Waals surface area contributed by atoms with Gasteiger partial charge in [0.05, 0.1) is 20.8 Å². The number of nitrogens with two attached hydrogens (primary N) is 1. The summed E-state index contributed by atoms with van der Waals surface area (Å²) < 4.78 is 22.8. The molecule has 0 fully saturated rings. The van der Waals surface area contributed by atoms with E-state index in [1.807, 2.05) is 34.6 Å². The number of sulfonamides is 1. The standard InChI is InChI=1S/C20H27N3O4S2/c1-12-11-16(22-19(25)20(3,4)5)28-17(12)18(24)23(6)13(2)14-7-9-15(10-8-14)29(21,26)27/h7-11,13H,1-6H3,(H,22,25)(H2,21,26,27). The van der Waals surface area contributed by atoms with Gasteiger partial charge in [0.2, 0.25) is 15.9 Å². The molecule has 7 nitrogen and oxygen atoms in total. The third-order valence-corrected chi connectivity index (χ3v) is 6.69. The fourth-order valence-corrected chi connectivity index (χ4v) is 4.12. The first-order chi connectivity index (χ1) is 13.2. The number of benzene rings is 1. The molecule has 1 atom stereocenters. The Morgan fingerprint density at radius 2 is 1.72 bits per heavy atom. The Balaban J connectivity index is 2.20. The molecule has 0 aliphatic rings. The van der Waals surface area contributed by atoms with Crippen LogP contribution in [0.1, 0.15) is 54.5 Å². The first-order valence-corrected chi connectivity index (χ1v) is 11.4. The number of nitrogens with one attached hydrogen (secondary N) is 1. The van der Waals surface area contributed by atoms with Crippen LogP contribution in [-0.2, 0) is 14.8 Å². The van der Waals surface area contributed by atoms with E-state index in [0.29, 0.717) is 9.88 Å². The van der Waals surface area contributed by atoms with Crippen molar-refractivity contribution in [3.8, 4) is 0 Å². The largest absolute Gasteiger partial charge is 0.334 e. The van der Waals surface area contributed by atoms with Gasteiger partial charge in [-0.05, 0) is 43.2 Å². The van der Waals surface area contributed by atoms with Crippen molar-refractivity contribution in [3.63, 3.8) is 0 Å². The highest BCUT2D eigenvalue weighted by Gasteiger charge is 2.25. The quantitative estimate of drug-likeness (QED) is 0.746. The van der Waals surface area contributed by atoms with Crippen LogP contribution in [0.15, 0.2) is 35.2 Å².